The number of nitrogens with zero attached hydrogens (tertiary/aromatic N) is 2. The van der Waals surface area contributed by atoms with Crippen LogP contribution in [-0.4, -0.2) is 22.2 Å². The molecule has 2 aromatic carbocycles. The number of amides is 1. The second kappa shape index (κ2) is 7.17. The van der Waals surface area contributed by atoms with Crippen LogP contribution in [0.1, 0.15) is 23.9 Å². The number of hydrogen-bond donors (Lipinski definition) is 1. The second-order valence-electron chi connectivity index (χ2n) is 5.66. The van der Waals surface area contributed by atoms with Crippen LogP contribution < -0.4 is 5.32 Å². The van der Waals surface area contributed by atoms with E-state index in [0.29, 0.717) is 6.54 Å². The summed E-state index contributed by atoms with van der Waals surface area (Å²) in [5, 5.41) is 2.62. The van der Waals surface area contributed by atoms with Crippen molar-refractivity contribution in [2.75, 3.05) is 6.54 Å². The molecular formula is C19H21N3O2. The molecule has 24 heavy (non-hydrogen) atoms. The summed E-state index contributed by atoms with van der Waals surface area (Å²) in [7, 11) is 0. The highest BCUT2D eigenvalue weighted by molar-refractivity contribution is 5.76. The van der Waals surface area contributed by atoms with Gasteiger partial charge in [0.25, 0.3) is 0 Å². The Morgan fingerprint density at radius 1 is 1.17 bits per heavy atom. The quantitative estimate of drug-likeness (QED) is 0.780. The lowest BCUT2D eigenvalue weighted by Gasteiger charge is -2.10. The molecule has 3 aromatic rings. The highest BCUT2D eigenvalue weighted by atomic mass is 16.5. The van der Waals surface area contributed by atoms with E-state index in [1.54, 1.807) is 0 Å². The monoisotopic (exact) mass is 323 g/mol. The van der Waals surface area contributed by atoms with Gasteiger partial charge in [-0.3, -0.25) is 0 Å². The number of para-hydroxylation sites is 2. The predicted molar refractivity (Wildman–Crippen MR) is 93.9 cm³/mol. The Bertz CT molecular complexity index is 855. The molecule has 0 saturated carbocycles. The number of benzene rings is 2. The molecule has 0 saturated heterocycles. The third-order valence-electron chi connectivity index (χ3n) is 3.87. The third-order valence-corrected chi connectivity index (χ3v) is 3.87. The minimum absolute atomic E-state index is 0.267. The summed E-state index contributed by atoms with van der Waals surface area (Å²) in [6, 6.07) is 16.2. The Labute approximate surface area is 141 Å². The van der Waals surface area contributed by atoms with Crippen LogP contribution >= 0.6 is 0 Å². The SMILES string of the molecule is CCNC(=O)OCc1cccc(Cn2c(C)nc3ccccc32)c1. The highest BCUT2D eigenvalue weighted by Gasteiger charge is 2.08. The van der Waals surface area contributed by atoms with Crippen molar-refractivity contribution in [1.29, 1.82) is 0 Å². The number of carbonyl (C=O) groups is 1. The third kappa shape index (κ3) is 3.56. The summed E-state index contributed by atoms with van der Waals surface area (Å²) >= 11 is 0. The van der Waals surface area contributed by atoms with Crippen LogP contribution in [0.3, 0.4) is 0 Å². The molecule has 3 rings (SSSR count). The maximum atomic E-state index is 11.4. The van der Waals surface area contributed by atoms with Gasteiger partial charge in [0.05, 0.1) is 11.0 Å². The van der Waals surface area contributed by atoms with Crippen LogP contribution in [0.15, 0.2) is 48.5 Å². The van der Waals surface area contributed by atoms with E-state index in [2.05, 4.69) is 33.1 Å². The summed E-state index contributed by atoms with van der Waals surface area (Å²) < 4.78 is 7.38. The highest BCUT2D eigenvalue weighted by Crippen LogP contribution is 2.18. The minimum Gasteiger partial charge on any atom is -0.445 e. The van der Waals surface area contributed by atoms with Crippen molar-refractivity contribution in [3.05, 3.63) is 65.5 Å². The van der Waals surface area contributed by atoms with Crippen molar-refractivity contribution >= 4 is 17.1 Å². The molecule has 5 nitrogen and oxygen atoms in total. The fourth-order valence-electron chi connectivity index (χ4n) is 2.74. The van der Waals surface area contributed by atoms with E-state index >= 15 is 0 Å². The summed E-state index contributed by atoms with van der Waals surface area (Å²) in [4.78, 5) is 16.0. The van der Waals surface area contributed by atoms with Crippen LogP contribution in [0, 0.1) is 6.92 Å². The van der Waals surface area contributed by atoms with Crippen LogP contribution in [0.5, 0.6) is 0 Å². The van der Waals surface area contributed by atoms with Gasteiger partial charge in [-0.15, -0.1) is 0 Å². The number of nitrogens with one attached hydrogen (secondary N) is 1. The molecule has 0 radical (unpaired) electrons. The van der Waals surface area contributed by atoms with Crippen molar-refractivity contribution in [3.63, 3.8) is 0 Å². The van der Waals surface area contributed by atoms with Gasteiger partial charge in [-0.05, 0) is 37.1 Å². The van der Waals surface area contributed by atoms with Gasteiger partial charge in [0, 0.05) is 13.1 Å². The van der Waals surface area contributed by atoms with Crippen LogP contribution in [-0.2, 0) is 17.9 Å². The number of ether oxygens (including phenoxy) is 1. The predicted octanol–water partition coefficient (Wildman–Crippen LogP) is 3.64. The van der Waals surface area contributed by atoms with Crippen molar-refractivity contribution < 1.29 is 9.53 Å². The molecular weight excluding hydrogens is 302 g/mol. The van der Waals surface area contributed by atoms with E-state index in [1.807, 2.05) is 44.2 Å². The molecule has 5 heteroatoms. The number of hydrogen-bond acceptors (Lipinski definition) is 3. The average molecular weight is 323 g/mol. The summed E-state index contributed by atoms with van der Waals surface area (Å²) in [6.45, 7) is 5.44. The zero-order valence-electron chi connectivity index (χ0n) is 14.0. The summed E-state index contributed by atoms with van der Waals surface area (Å²) in [5.74, 6) is 0.986. The molecule has 0 spiro atoms. The first-order valence-electron chi connectivity index (χ1n) is 8.07. The Hall–Kier alpha value is -2.82. The zero-order chi connectivity index (χ0) is 16.9. The first-order chi connectivity index (χ1) is 11.7. The van der Waals surface area contributed by atoms with Crippen LogP contribution in [0.4, 0.5) is 4.79 Å². The van der Waals surface area contributed by atoms with Crippen molar-refractivity contribution in [3.8, 4) is 0 Å². The Kier molecular flexibility index (Phi) is 4.79. The van der Waals surface area contributed by atoms with Gasteiger partial charge in [-0.2, -0.15) is 0 Å². The fourth-order valence-corrected chi connectivity index (χ4v) is 2.74. The number of alkyl carbamates (subject to hydrolysis) is 1. The van der Waals surface area contributed by atoms with E-state index in [4.69, 9.17) is 4.74 Å². The molecule has 0 aliphatic carbocycles. The topological polar surface area (TPSA) is 56.1 Å². The lowest BCUT2D eigenvalue weighted by Crippen LogP contribution is -2.23. The standard InChI is InChI=1S/C19H21N3O2/c1-3-20-19(23)24-13-16-8-6-7-15(11-16)12-22-14(2)21-17-9-4-5-10-18(17)22/h4-11H,3,12-13H2,1-2H3,(H,20,23). The van der Waals surface area contributed by atoms with Gasteiger partial charge in [-0.1, -0.05) is 36.4 Å². The lowest BCUT2D eigenvalue weighted by molar-refractivity contribution is 0.140. The first-order valence-corrected chi connectivity index (χ1v) is 8.07. The van der Waals surface area contributed by atoms with Gasteiger partial charge >= 0.3 is 6.09 Å². The molecule has 1 aromatic heterocycles. The molecule has 0 unspecified atom stereocenters. The lowest BCUT2D eigenvalue weighted by atomic mass is 10.1. The largest absolute Gasteiger partial charge is 0.445 e. The van der Waals surface area contributed by atoms with Crippen LogP contribution in [0.25, 0.3) is 11.0 Å². The Balaban J connectivity index is 1.76. The Morgan fingerprint density at radius 2 is 1.96 bits per heavy atom. The van der Waals surface area contributed by atoms with E-state index in [9.17, 15) is 4.79 Å². The maximum Gasteiger partial charge on any atom is 0.407 e. The summed E-state index contributed by atoms with van der Waals surface area (Å²) in [6.07, 6.45) is -0.389. The van der Waals surface area contributed by atoms with E-state index in [0.717, 1.165) is 34.5 Å². The van der Waals surface area contributed by atoms with Crippen molar-refractivity contribution in [2.45, 2.75) is 27.0 Å². The van der Waals surface area contributed by atoms with Crippen molar-refractivity contribution in [2.24, 2.45) is 0 Å². The number of fused-ring (bicyclic) bond motifs is 1. The summed E-state index contributed by atoms with van der Waals surface area (Å²) in [5.41, 5.74) is 4.25. The number of carbonyl (C=O) groups excluding carboxylic acids is 1. The van der Waals surface area contributed by atoms with Gasteiger partial charge < -0.3 is 14.6 Å². The van der Waals surface area contributed by atoms with Gasteiger partial charge in [0.1, 0.15) is 12.4 Å². The zero-order valence-corrected chi connectivity index (χ0v) is 14.0. The van der Waals surface area contributed by atoms with E-state index < -0.39 is 0 Å². The number of rotatable bonds is 5. The first kappa shape index (κ1) is 16.1. The van der Waals surface area contributed by atoms with Gasteiger partial charge in [0.15, 0.2) is 0 Å². The number of aromatic nitrogens is 2. The fraction of sp³-hybridized carbons (Fsp3) is 0.263. The molecule has 0 aliphatic rings. The van der Waals surface area contributed by atoms with E-state index in [-0.39, 0.29) is 12.7 Å². The Morgan fingerprint density at radius 3 is 2.79 bits per heavy atom. The maximum absolute atomic E-state index is 11.4. The number of aryl methyl sites for hydroxylation is 1. The number of imidazole rings is 1. The van der Waals surface area contributed by atoms with E-state index in [1.165, 1.54) is 0 Å². The molecule has 1 N–H and O–H groups in total. The second-order valence-corrected chi connectivity index (χ2v) is 5.66. The molecule has 0 atom stereocenters. The van der Waals surface area contributed by atoms with Gasteiger partial charge in [0.2, 0.25) is 0 Å². The molecule has 1 heterocycles. The van der Waals surface area contributed by atoms with Crippen molar-refractivity contribution in [1.82, 2.24) is 14.9 Å². The molecule has 124 valence electrons. The average Bonchev–Trinajstić information content (AvgIpc) is 2.90. The molecule has 0 bridgehead atoms. The smallest absolute Gasteiger partial charge is 0.407 e. The van der Waals surface area contributed by atoms with Gasteiger partial charge in [-0.25, -0.2) is 9.78 Å². The molecule has 0 aliphatic heterocycles. The normalized spacial score (nSPS) is 10.8. The van der Waals surface area contributed by atoms with Crippen LogP contribution in [0.2, 0.25) is 0 Å². The molecule has 1 amide bonds. The molecule has 0 fully saturated rings. The minimum atomic E-state index is -0.389.